The zero-order valence-electron chi connectivity index (χ0n) is 15.5. The molecule has 3 nitrogen and oxygen atoms in total. The summed E-state index contributed by atoms with van der Waals surface area (Å²) in [5, 5.41) is 0.155. The second kappa shape index (κ2) is 5.97. The van der Waals surface area contributed by atoms with E-state index in [2.05, 4.69) is 46.0 Å². The average molecular weight is 365 g/mol. The SMILES string of the molecule is CC(C)(C)[Si](C)(C)O[C@@H]1C[C@@](C)(Sc2ccccc2)C(=O)[C@@H]2O[C@H]12. The summed E-state index contributed by atoms with van der Waals surface area (Å²) >= 11 is 1.65. The van der Waals surface area contributed by atoms with Crippen LogP contribution in [-0.2, 0) is 14.0 Å². The van der Waals surface area contributed by atoms with Gasteiger partial charge in [-0.25, -0.2) is 0 Å². The zero-order valence-corrected chi connectivity index (χ0v) is 17.3. The van der Waals surface area contributed by atoms with Crippen molar-refractivity contribution in [3.63, 3.8) is 0 Å². The lowest BCUT2D eigenvalue weighted by molar-refractivity contribution is -0.123. The third-order valence-electron chi connectivity index (χ3n) is 5.60. The van der Waals surface area contributed by atoms with E-state index in [1.165, 1.54) is 0 Å². The minimum Gasteiger partial charge on any atom is -0.411 e. The lowest BCUT2D eigenvalue weighted by Gasteiger charge is -2.42. The van der Waals surface area contributed by atoms with E-state index in [9.17, 15) is 4.79 Å². The van der Waals surface area contributed by atoms with Gasteiger partial charge in [-0.1, -0.05) is 39.0 Å². The monoisotopic (exact) mass is 364 g/mol. The van der Waals surface area contributed by atoms with Crippen molar-refractivity contribution >= 4 is 25.9 Å². The minimum atomic E-state index is -1.88. The van der Waals surface area contributed by atoms with E-state index in [1.54, 1.807) is 11.8 Å². The molecule has 0 N–H and O–H groups in total. The molecule has 0 unspecified atom stereocenters. The zero-order chi connectivity index (χ0) is 17.8. The summed E-state index contributed by atoms with van der Waals surface area (Å²) in [7, 11) is -1.88. The first kappa shape index (κ1) is 18.2. The van der Waals surface area contributed by atoms with Crippen molar-refractivity contribution < 1.29 is 14.0 Å². The number of benzene rings is 1. The number of thioether (sulfide) groups is 1. The Morgan fingerprint density at radius 3 is 2.46 bits per heavy atom. The molecule has 4 atom stereocenters. The van der Waals surface area contributed by atoms with Gasteiger partial charge in [0.2, 0.25) is 0 Å². The molecule has 2 aliphatic rings. The summed E-state index contributed by atoms with van der Waals surface area (Å²) in [5.41, 5.74) is 0. The Morgan fingerprint density at radius 2 is 1.88 bits per heavy atom. The first-order chi connectivity index (χ1) is 11.0. The van der Waals surface area contributed by atoms with Crippen LogP contribution in [0.4, 0.5) is 0 Å². The fourth-order valence-electron chi connectivity index (χ4n) is 3.02. The Morgan fingerprint density at radius 1 is 1.25 bits per heavy atom. The van der Waals surface area contributed by atoms with Crippen LogP contribution in [0.15, 0.2) is 35.2 Å². The molecule has 0 spiro atoms. The molecule has 1 aromatic carbocycles. The van der Waals surface area contributed by atoms with Gasteiger partial charge in [0.05, 0.1) is 10.9 Å². The Hall–Kier alpha value is -0.623. The van der Waals surface area contributed by atoms with Gasteiger partial charge >= 0.3 is 0 Å². The van der Waals surface area contributed by atoms with Crippen LogP contribution in [0.5, 0.6) is 0 Å². The first-order valence-corrected chi connectivity index (χ1v) is 12.4. The molecular weight excluding hydrogens is 336 g/mol. The third kappa shape index (κ3) is 3.36. The van der Waals surface area contributed by atoms with Crippen LogP contribution in [0.1, 0.15) is 34.1 Å². The summed E-state index contributed by atoms with van der Waals surface area (Å²) in [6.45, 7) is 13.3. The second-order valence-corrected chi connectivity index (χ2v) is 15.0. The number of hydrogen-bond acceptors (Lipinski definition) is 4. The summed E-state index contributed by atoms with van der Waals surface area (Å²) in [6, 6.07) is 10.1. The Bertz CT molecular complexity index is 625. The number of Topliss-reactive ketones (excluding diaryl/α,β-unsaturated/α-hetero) is 1. The van der Waals surface area contributed by atoms with Crippen molar-refractivity contribution in [2.75, 3.05) is 0 Å². The van der Waals surface area contributed by atoms with Crippen LogP contribution in [-0.4, -0.2) is 37.2 Å². The molecule has 1 saturated carbocycles. The van der Waals surface area contributed by atoms with E-state index in [0.717, 1.165) is 11.3 Å². The molecule has 1 aromatic rings. The highest BCUT2D eigenvalue weighted by atomic mass is 32.2. The number of rotatable bonds is 4. The summed E-state index contributed by atoms with van der Waals surface area (Å²) < 4.78 is 11.9. The van der Waals surface area contributed by atoms with Gasteiger partial charge in [0.25, 0.3) is 0 Å². The van der Waals surface area contributed by atoms with Crippen molar-refractivity contribution in [1.82, 2.24) is 0 Å². The standard InChI is InChI=1S/C19H28O3SSi/c1-18(2,3)24(5,6)22-14-12-19(4,17(20)16-15(14)21-16)23-13-10-8-7-9-11-13/h7-11,14-16H,12H2,1-6H3/t14-,15-,16-,19-/m1/s1. The van der Waals surface area contributed by atoms with Gasteiger partial charge in [0.15, 0.2) is 14.1 Å². The van der Waals surface area contributed by atoms with Gasteiger partial charge in [-0.2, -0.15) is 0 Å². The molecule has 3 rings (SSSR count). The van der Waals surface area contributed by atoms with Gasteiger partial charge in [0.1, 0.15) is 12.2 Å². The molecule has 1 heterocycles. The number of fused-ring (bicyclic) bond motifs is 1. The van der Waals surface area contributed by atoms with Gasteiger partial charge in [-0.05, 0) is 43.6 Å². The highest BCUT2D eigenvalue weighted by molar-refractivity contribution is 8.01. The quantitative estimate of drug-likeness (QED) is 0.575. The maximum absolute atomic E-state index is 12.8. The van der Waals surface area contributed by atoms with Gasteiger partial charge in [0, 0.05) is 4.90 Å². The highest BCUT2D eigenvalue weighted by Crippen LogP contribution is 2.50. The molecule has 24 heavy (non-hydrogen) atoms. The topological polar surface area (TPSA) is 38.8 Å². The number of ketones is 1. The van der Waals surface area contributed by atoms with Crippen molar-refractivity contribution in [2.45, 2.75) is 80.2 Å². The highest BCUT2D eigenvalue weighted by Gasteiger charge is 2.62. The maximum atomic E-state index is 12.8. The first-order valence-electron chi connectivity index (χ1n) is 8.65. The Balaban J connectivity index is 1.79. The largest absolute Gasteiger partial charge is 0.411 e. The van der Waals surface area contributed by atoms with Crippen LogP contribution in [0.2, 0.25) is 18.1 Å². The minimum absolute atomic E-state index is 0.0230. The second-order valence-electron chi connectivity index (χ2n) is 8.65. The number of carbonyl (C=O) groups is 1. The van der Waals surface area contributed by atoms with Gasteiger partial charge < -0.3 is 9.16 Å². The Kier molecular flexibility index (Phi) is 4.52. The lowest BCUT2D eigenvalue weighted by Crippen LogP contribution is -2.52. The summed E-state index contributed by atoms with van der Waals surface area (Å²) in [4.78, 5) is 13.9. The van der Waals surface area contributed by atoms with Crippen LogP contribution in [0, 0.1) is 0 Å². The average Bonchev–Trinajstić information content (AvgIpc) is 3.25. The maximum Gasteiger partial charge on any atom is 0.192 e. The van der Waals surface area contributed by atoms with Crippen LogP contribution in [0.3, 0.4) is 0 Å². The molecule has 2 fully saturated rings. The molecule has 0 radical (unpaired) electrons. The Labute approximate surface area is 150 Å². The van der Waals surface area contributed by atoms with Crippen LogP contribution in [0.25, 0.3) is 0 Å². The normalized spacial score (nSPS) is 33.2. The van der Waals surface area contributed by atoms with Crippen molar-refractivity contribution in [3.05, 3.63) is 30.3 Å². The predicted molar refractivity (Wildman–Crippen MR) is 101 cm³/mol. The molecule has 5 heteroatoms. The molecule has 0 amide bonds. The number of hydrogen-bond donors (Lipinski definition) is 0. The molecule has 0 bridgehead atoms. The fraction of sp³-hybridized carbons (Fsp3) is 0.632. The van der Waals surface area contributed by atoms with Crippen LogP contribution < -0.4 is 0 Å². The number of ether oxygens (including phenoxy) is 1. The molecule has 0 aromatic heterocycles. The van der Waals surface area contributed by atoms with E-state index in [-0.39, 0.29) is 29.1 Å². The molecule has 132 valence electrons. The summed E-state index contributed by atoms with van der Waals surface area (Å²) in [6.07, 6.45) is 0.444. The van der Waals surface area contributed by atoms with E-state index >= 15 is 0 Å². The number of carbonyl (C=O) groups excluding carboxylic acids is 1. The van der Waals surface area contributed by atoms with Crippen molar-refractivity contribution in [2.24, 2.45) is 0 Å². The third-order valence-corrected chi connectivity index (χ3v) is 11.4. The van der Waals surface area contributed by atoms with Gasteiger partial charge in [-0.3, -0.25) is 4.79 Å². The molecule has 1 aliphatic heterocycles. The van der Waals surface area contributed by atoms with E-state index in [0.29, 0.717) is 0 Å². The summed E-state index contributed by atoms with van der Waals surface area (Å²) in [5.74, 6) is 0.219. The molecule has 1 aliphatic carbocycles. The van der Waals surface area contributed by atoms with E-state index in [1.807, 2.05) is 25.1 Å². The van der Waals surface area contributed by atoms with Crippen LogP contribution >= 0.6 is 11.8 Å². The van der Waals surface area contributed by atoms with Crippen molar-refractivity contribution in [3.8, 4) is 0 Å². The van der Waals surface area contributed by atoms with E-state index < -0.39 is 13.1 Å². The fourth-order valence-corrected chi connectivity index (χ4v) is 5.63. The smallest absolute Gasteiger partial charge is 0.192 e. The van der Waals surface area contributed by atoms with E-state index in [4.69, 9.17) is 9.16 Å². The molecular formula is C19H28O3SSi. The number of epoxide rings is 1. The predicted octanol–water partition coefficient (Wildman–Crippen LogP) is 4.67. The lowest BCUT2D eigenvalue weighted by atomic mass is 9.86. The van der Waals surface area contributed by atoms with Gasteiger partial charge in [-0.15, -0.1) is 11.8 Å². The van der Waals surface area contributed by atoms with Crippen molar-refractivity contribution in [1.29, 1.82) is 0 Å². The molecule has 1 saturated heterocycles.